The number of methoxy groups -OCH3 is 1. The smallest absolute Gasteiger partial charge is 0.240 e. The molecular formula is C20H32IN7O3S. The molecule has 178 valence electrons. The van der Waals surface area contributed by atoms with Gasteiger partial charge in [-0.1, -0.05) is 17.7 Å². The molecule has 0 bridgehead atoms. The molecule has 1 aromatic heterocycles. The predicted molar refractivity (Wildman–Crippen MR) is 134 cm³/mol. The summed E-state index contributed by atoms with van der Waals surface area (Å²) in [6.07, 6.45) is 1.74. The summed E-state index contributed by atoms with van der Waals surface area (Å²) in [4.78, 5) is 9.26. The van der Waals surface area contributed by atoms with Crippen LogP contribution >= 0.6 is 24.0 Å². The SMILES string of the molecule is CCNC(=NCCNS(=O)(=O)c1ccc(C)cc1)NC1CCc2nc(COC)nn2C1.I. The number of hydrogen-bond acceptors (Lipinski definition) is 6. The average Bonchev–Trinajstić information content (AvgIpc) is 3.13. The van der Waals surface area contributed by atoms with Crippen LogP contribution in [0.3, 0.4) is 0 Å². The second-order valence-electron chi connectivity index (χ2n) is 7.41. The molecule has 1 aliphatic heterocycles. The number of aromatic nitrogens is 3. The molecule has 2 aromatic rings. The highest BCUT2D eigenvalue weighted by Crippen LogP contribution is 2.13. The summed E-state index contributed by atoms with van der Waals surface area (Å²) in [6.45, 7) is 6.25. The van der Waals surface area contributed by atoms with Crippen LogP contribution in [-0.2, 0) is 34.3 Å². The van der Waals surface area contributed by atoms with Gasteiger partial charge in [-0.05, 0) is 32.4 Å². The van der Waals surface area contributed by atoms with Crippen molar-refractivity contribution in [2.75, 3.05) is 26.7 Å². The zero-order valence-corrected chi connectivity index (χ0v) is 21.8. The molecule has 1 aromatic carbocycles. The quantitative estimate of drug-likeness (QED) is 0.177. The lowest BCUT2D eigenvalue weighted by Gasteiger charge is -2.25. The number of hydrogen-bond donors (Lipinski definition) is 3. The lowest BCUT2D eigenvalue weighted by atomic mass is 10.1. The van der Waals surface area contributed by atoms with Gasteiger partial charge in [-0.3, -0.25) is 4.99 Å². The molecule has 1 aliphatic rings. The zero-order valence-electron chi connectivity index (χ0n) is 18.7. The minimum absolute atomic E-state index is 0. The van der Waals surface area contributed by atoms with Gasteiger partial charge in [0, 0.05) is 32.7 Å². The Bertz CT molecular complexity index is 993. The van der Waals surface area contributed by atoms with E-state index in [1.54, 1.807) is 31.4 Å². The lowest BCUT2D eigenvalue weighted by molar-refractivity contribution is 0.177. The first kappa shape index (κ1) is 26.5. The van der Waals surface area contributed by atoms with Crippen LogP contribution in [0.1, 0.15) is 30.6 Å². The topological polar surface area (TPSA) is 123 Å². The van der Waals surface area contributed by atoms with E-state index in [1.165, 1.54) is 0 Å². The molecule has 1 unspecified atom stereocenters. The van der Waals surface area contributed by atoms with E-state index >= 15 is 0 Å². The fraction of sp³-hybridized carbons (Fsp3) is 0.550. The van der Waals surface area contributed by atoms with Gasteiger partial charge in [0.15, 0.2) is 11.8 Å². The van der Waals surface area contributed by atoms with Crippen LogP contribution in [0.15, 0.2) is 34.2 Å². The van der Waals surface area contributed by atoms with Crippen molar-refractivity contribution in [1.29, 1.82) is 0 Å². The third-order valence-electron chi connectivity index (χ3n) is 4.87. The van der Waals surface area contributed by atoms with Crippen LogP contribution in [0.5, 0.6) is 0 Å². The van der Waals surface area contributed by atoms with Crippen molar-refractivity contribution in [2.45, 2.75) is 50.8 Å². The normalized spacial score (nSPS) is 16.2. The Morgan fingerprint density at radius 1 is 1.31 bits per heavy atom. The number of ether oxygens (including phenoxy) is 1. The summed E-state index contributed by atoms with van der Waals surface area (Å²) in [5, 5.41) is 11.1. The Morgan fingerprint density at radius 3 is 2.75 bits per heavy atom. The fourth-order valence-corrected chi connectivity index (χ4v) is 4.35. The van der Waals surface area contributed by atoms with E-state index in [-0.39, 0.29) is 41.5 Å². The molecule has 12 heteroatoms. The molecular weight excluding hydrogens is 545 g/mol. The molecule has 2 heterocycles. The van der Waals surface area contributed by atoms with Crippen molar-refractivity contribution in [3.8, 4) is 0 Å². The first-order valence-corrected chi connectivity index (χ1v) is 11.9. The maximum absolute atomic E-state index is 12.4. The monoisotopic (exact) mass is 577 g/mol. The number of aliphatic imine (C=N–C) groups is 1. The first-order valence-electron chi connectivity index (χ1n) is 10.4. The molecule has 0 radical (unpaired) electrons. The van der Waals surface area contributed by atoms with Gasteiger partial charge in [0.25, 0.3) is 0 Å². The number of nitrogens with one attached hydrogen (secondary N) is 3. The maximum Gasteiger partial charge on any atom is 0.240 e. The minimum atomic E-state index is -3.54. The number of rotatable bonds is 9. The summed E-state index contributed by atoms with van der Waals surface area (Å²) in [5.41, 5.74) is 1.01. The molecule has 1 atom stereocenters. The van der Waals surface area contributed by atoms with E-state index < -0.39 is 10.0 Å². The molecule has 0 saturated carbocycles. The van der Waals surface area contributed by atoms with Crippen LogP contribution in [0.4, 0.5) is 0 Å². The van der Waals surface area contributed by atoms with Crippen molar-refractivity contribution < 1.29 is 13.2 Å². The summed E-state index contributed by atoms with van der Waals surface area (Å²) < 4.78 is 34.4. The molecule has 32 heavy (non-hydrogen) atoms. The van der Waals surface area contributed by atoms with Crippen LogP contribution in [0.2, 0.25) is 0 Å². The summed E-state index contributed by atoms with van der Waals surface area (Å²) in [5.74, 6) is 2.32. The molecule has 0 aliphatic carbocycles. The summed E-state index contributed by atoms with van der Waals surface area (Å²) in [6, 6.07) is 6.93. The standard InChI is InChI=1S/C20H31N7O3S.HI/c1-4-21-20(22-11-12-23-31(28,29)17-8-5-15(2)6-9-17)24-16-7-10-19-25-18(14-30-3)26-27(19)13-16;/h5-6,8-9,16,23H,4,7,10-14H2,1-3H3,(H2,21,22,24);1H. The van der Waals surface area contributed by atoms with E-state index in [0.29, 0.717) is 38.0 Å². The van der Waals surface area contributed by atoms with E-state index in [1.807, 2.05) is 18.5 Å². The predicted octanol–water partition coefficient (Wildman–Crippen LogP) is 1.20. The van der Waals surface area contributed by atoms with Crippen molar-refractivity contribution >= 4 is 40.0 Å². The zero-order chi connectivity index (χ0) is 22.3. The van der Waals surface area contributed by atoms with Gasteiger partial charge in [-0.2, -0.15) is 5.10 Å². The highest BCUT2D eigenvalue weighted by Gasteiger charge is 2.22. The molecule has 0 fully saturated rings. The van der Waals surface area contributed by atoms with E-state index in [2.05, 4.69) is 30.4 Å². The maximum atomic E-state index is 12.4. The van der Waals surface area contributed by atoms with E-state index in [0.717, 1.165) is 24.2 Å². The van der Waals surface area contributed by atoms with Gasteiger partial charge in [0.1, 0.15) is 12.4 Å². The Morgan fingerprint density at radius 2 is 2.06 bits per heavy atom. The third kappa shape index (κ3) is 7.39. The van der Waals surface area contributed by atoms with E-state index in [4.69, 9.17) is 4.74 Å². The number of guanidine groups is 1. The number of fused-ring (bicyclic) bond motifs is 1. The van der Waals surface area contributed by atoms with Crippen LogP contribution in [0, 0.1) is 6.92 Å². The first-order chi connectivity index (χ1) is 14.9. The van der Waals surface area contributed by atoms with Gasteiger partial charge in [-0.25, -0.2) is 22.8 Å². The van der Waals surface area contributed by atoms with Crippen molar-refractivity contribution in [3.05, 3.63) is 41.5 Å². The highest BCUT2D eigenvalue weighted by molar-refractivity contribution is 14.0. The molecule has 0 spiro atoms. The average molecular weight is 577 g/mol. The number of benzene rings is 1. The Kier molecular flexibility index (Phi) is 10.3. The third-order valence-corrected chi connectivity index (χ3v) is 6.34. The Hall–Kier alpha value is -1.77. The Balaban J connectivity index is 0.00000363. The minimum Gasteiger partial charge on any atom is -0.377 e. The number of nitrogens with zero attached hydrogens (tertiary/aromatic N) is 4. The number of sulfonamides is 1. The van der Waals surface area contributed by atoms with Crippen LogP contribution in [0.25, 0.3) is 0 Å². The van der Waals surface area contributed by atoms with Crippen molar-refractivity contribution in [1.82, 2.24) is 30.1 Å². The van der Waals surface area contributed by atoms with Gasteiger partial charge < -0.3 is 15.4 Å². The van der Waals surface area contributed by atoms with Crippen LogP contribution in [-0.4, -0.2) is 61.9 Å². The lowest BCUT2D eigenvalue weighted by Crippen LogP contribution is -2.47. The van der Waals surface area contributed by atoms with Crippen molar-refractivity contribution in [3.63, 3.8) is 0 Å². The number of aryl methyl sites for hydroxylation is 2. The largest absolute Gasteiger partial charge is 0.377 e. The van der Waals surface area contributed by atoms with Gasteiger partial charge in [0.05, 0.1) is 18.0 Å². The molecule has 3 N–H and O–H groups in total. The second kappa shape index (κ2) is 12.5. The fourth-order valence-electron chi connectivity index (χ4n) is 3.33. The van der Waals surface area contributed by atoms with Gasteiger partial charge >= 0.3 is 0 Å². The molecule has 0 amide bonds. The molecule has 10 nitrogen and oxygen atoms in total. The van der Waals surface area contributed by atoms with Gasteiger partial charge in [0.2, 0.25) is 10.0 Å². The van der Waals surface area contributed by atoms with E-state index in [9.17, 15) is 8.42 Å². The van der Waals surface area contributed by atoms with Crippen LogP contribution < -0.4 is 15.4 Å². The molecule has 0 saturated heterocycles. The van der Waals surface area contributed by atoms with Gasteiger partial charge in [-0.15, -0.1) is 24.0 Å². The highest BCUT2D eigenvalue weighted by atomic mass is 127. The second-order valence-corrected chi connectivity index (χ2v) is 9.18. The summed E-state index contributed by atoms with van der Waals surface area (Å²) in [7, 11) is -1.91. The summed E-state index contributed by atoms with van der Waals surface area (Å²) >= 11 is 0. The number of halogens is 1. The van der Waals surface area contributed by atoms with Crippen molar-refractivity contribution in [2.24, 2.45) is 4.99 Å². The Labute approximate surface area is 206 Å². The molecule has 3 rings (SSSR count).